The fraction of sp³-hybridized carbons (Fsp3) is 0.0769. The number of benzene rings is 1. The van der Waals surface area contributed by atoms with Gasteiger partial charge < -0.3 is 0 Å². The highest BCUT2D eigenvalue weighted by atomic mass is 35.5. The smallest absolute Gasteiger partial charge is 0.150 e. The molecule has 2 aromatic heterocycles. The number of nitrogens with zero attached hydrogens (tertiary/aromatic N) is 2. The second kappa shape index (κ2) is 4.51. The lowest BCUT2D eigenvalue weighted by atomic mass is 10.0. The Morgan fingerprint density at radius 2 is 2.00 bits per heavy atom. The summed E-state index contributed by atoms with van der Waals surface area (Å²) >= 11 is 7.36. The van der Waals surface area contributed by atoms with E-state index in [0.29, 0.717) is 20.9 Å². The van der Waals surface area contributed by atoms with Crippen molar-refractivity contribution in [2.45, 2.75) is 6.92 Å². The van der Waals surface area contributed by atoms with Gasteiger partial charge in [-0.2, -0.15) is 0 Å². The molecule has 0 bridgehead atoms. The fourth-order valence-electron chi connectivity index (χ4n) is 2.00. The number of halogens is 3. The summed E-state index contributed by atoms with van der Waals surface area (Å²) in [5, 5.41) is 0.321. The summed E-state index contributed by atoms with van der Waals surface area (Å²) in [4.78, 5) is 8.85. The molecule has 0 atom stereocenters. The van der Waals surface area contributed by atoms with Crippen molar-refractivity contribution >= 4 is 33.2 Å². The van der Waals surface area contributed by atoms with E-state index in [4.69, 9.17) is 11.6 Å². The van der Waals surface area contributed by atoms with E-state index >= 15 is 0 Å². The largest absolute Gasteiger partial charge is 0.235 e. The zero-order chi connectivity index (χ0) is 13.6. The maximum Gasteiger partial charge on any atom is 0.150 e. The third-order valence-corrected chi connectivity index (χ3v) is 4.30. The normalized spacial score (nSPS) is 11.2. The van der Waals surface area contributed by atoms with Gasteiger partial charge in [0, 0.05) is 16.0 Å². The van der Waals surface area contributed by atoms with E-state index in [1.165, 1.54) is 23.7 Å². The average Bonchev–Trinajstić information content (AvgIpc) is 2.70. The first kappa shape index (κ1) is 12.4. The fourth-order valence-corrected chi connectivity index (χ4v) is 3.25. The lowest BCUT2D eigenvalue weighted by Gasteiger charge is -2.03. The molecule has 0 amide bonds. The Bertz CT molecular complexity index is 786. The maximum absolute atomic E-state index is 13.9. The predicted molar refractivity (Wildman–Crippen MR) is 72.5 cm³/mol. The van der Waals surface area contributed by atoms with Crippen LogP contribution >= 0.6 is 22.9 Å². The van der Waals surface area contributed by atoms with Crippen molar-refractivity contribution in [1.29, 1.82) is 0 Å². The van der Waals surface area contributed by atoms with E-state index in [9.17, 15) is 8.78 Å². The summed E-state index contributed by atoms with van der Waals surface area (Å²) in [6.45, 7) is 1.82. The second-order valence-electron chi connectivity index (χ2n) is 4.00. The molecular weight excluding hydrogens is 290 g/mol. The molecule has 6 heteroatoms. The zero-order valence-corrected chi connectivity index (χ0v) is 11.3. The quantitative estimate of drug-likeness (QED) is 0.613. The van der Waals surface area contributed by atoms with Crippen LogP contribution < -0.4 is 0 Å². The predicted octanol–water partition coefficient (Wildman–Crippen LogP) is 4.60. The lowest BCUT2D eigenvalue weighted by Crippen LogP contribution is -1.88. The van der Waals surface area contributed by atoms with Crippen molar-refractivity contribution in [2.24, 2.45) is 0 Å². The van der Waals surface area contributed by atoms with Crippen LogP contribution in [-0.2, 0) is 0 Å². The van der Waals surface area contributed by atoms with Crippen molar-refractivity contribution < 1.29 is 8.78 Å². The van der Waals surface area contributed by atoms with Crippen LogP contribution in [-0.4, -0.2) is 9.97 Å². The minimum absolute atomic E-state index is 0.193. The third-order valence-electron chi connectivity index (χ3n) is 2.80. The molecule has 0 saturated carbocycles. The molecular formula is C13H7ClF2N2S. The zero-order valence-electron chi connectivity index (χ0n) is 9.75. The number of thiophene rings is 1. The monoisotopic (exact) mass is 296 g/mol. The molecule has 0 saturated heterocycles. The summed E-state index contributed by atoms with van der Waals surface area (Å²) in [6, 6.07) is 3.36. The molecule has 0 N–H and O–H groups in total. The Morgan fingerprint density at radius 3 is 2.79 bits per heavy atom. The van der Waals surface area contributed by atoms with Crippen molar-refractivity contribution in [3.8, 4) is 11.1 Å². The first-order chi connectivity index (χ1) is 9.08. The molecule has 0 spiro atoms. The minimum Gasteiger partial charge on any atom is -0.235 e. The molecule has 0 aliphatic heterocycles. The van der Waals surface area contributed by atoms with Gasteiger partial charge >= 0.3 is 0 Å². The molecule has 0 fully saturated rings. The van der Waals surface area contributed by atoms with Crippen molar-refractivity contribution in [3.63, 3.8) is 0 Å². The molecule has 0 aliphatic carbocycles. The van der Waals surface area contributed by atoms with E-state index in [1.54, 1.807) is 0 Å². The molecule has 1 aromatic carbocycles. The Morgan fingerprint density at radius 1 is 1.21 bits per heavy atom. The van der Waals surface area contributed by atoms with Gasteiger partial charge in [-0.05, 0) is 25.1 Å². The first-order valence-electron chi connectivity index (χ1n) is 5.43. The number of hydrogen-bond acceptors (Lipinski definition) is 3. The molecule has 0 aliphatic rings. The van der Waals surface area contributed by atoms with Gasteiger partial charge in [-0.25, -0.2) is 18.7 Å². The molecule has 0 radical (unpaired) electrons. The van der Waals surface area contributed by atoms with Crippen LogP contribution in [0.3, 0.4) is 0 Å². The Kier molecular flexibility index (Phi) is 2.95. The van der Waals surface area contributed by atoms with Crippen molar-refractivity contribution in [1.82, 2.24) is 9.97 Å². The molecule has 3 aromatic rings. The molecule has 0 unspecified atom stereocenters. The summed E-state index contributed by atoms with van der Waals surface area (Å²) < 4.78 is 27.9. The van der Waals surface area contributed by atoms with Gasteiger partial charge in [0.25, 0.3) is 0 Å². The number of aromatic nitrogens is 2. The number of aryl methyl sites for hydroxylation is 1. The number of rotatable bonds is 1. The first-order valence-corrected chi connectivity index (χ1v) is 6.62. The number of fused-ring (bicyclic) bond motifs is 1. The van der Waals surface area contributed by atoms with Crippen LogP contribution in [0.5, 0.6) is 0 Å². The molecule has 2 heterocycles. The summed E-state index contributed by atoms with van der Waals surface area (Å²) in [7, 11) is 0. The molecule has 19 heavy (non-hydrogen) atoms. The van der Waals surface area contributed by atoms with Crippen molar-refractivity contribution in [3.05, 3.63) is 46.2 Å². The molecule has 2 nitrogen and oxygen atoms in total. The van der Waals surface area contributed by atoms with Crippen molar-refractivity contribution in [2.75, 3.05) is 0 Å². The van der Waals surface area contributed by atoms with Crippen LogP contribution in [0.25, 0.3) is 21.3 Å². The maximum atomic E-state index is 13.9. The Hall–Kier alpha value is -1.59. The van der Waals surface area contributed by atoms with Gasteiger partial charge in [-0.1, -0.05) is 11.6 Å². The SMILES string of the molecule is Cc1sc2c(Cl)ncnc2c1-c1cc(F)ccc1F. The highest BCUT2D eigenvalue weighted by Gasteiger charge is 2.18. The minimum atomic E-state index is -0.490. The third kappa shape index (κ3) is 1.99. The van der Waals surface area contributed by atoms with Gasteiger partial charge in [-0.15, -0.1) is 11.3 Å². The Balaban J connectivity index is 2.39. The average molecular weight is 297 g/mol. The second-order valence-corrected chi connectivity index (χ2v) is 5.58. The topological polar surface area (TPSA) is 25.8 Å². The van der Waals surface area contributed by atoms with Gasteiger partial charge in [0.1, 0.15) is 23.1 Å². The molecule has 96 valence electrons. The lowest BCUT2D eigenvalue weighted by molar-refractivity contribution is 0.603. The van der Waals surface area contributed by atoms with E-state index in [0.717, 1.165) is 17.0 Å². The van der Waals surface area contributed by atoms with Crippen LogP contribution in [0.4, 0.5) is 8.78 Å². The highest BCUT2D eigenvalue weighted by Crippen LogP contribution is 2.40. The van der Waals surface area contributed by atoms with E-state index in [2.05, 4.69) is 9.97 Å². The van der Waals surface area contributed by atoms with E-state index < -0.39 is 11.6 Å². The Labute approximate surface area is 116 Å². The van der Waals surface area contributed by atoms with Crippen LogP contribution in [0.15, 0.2) is 24.5 Å². The van der Waals surface area contributed by atoms with Crippen LogP contribution in [0, 0.1) is 18.6 Å². The van der Waals surface area contributed by atoms with E-state index in [1.807, 2.05) is 6.92 Å². The van der Waals surface area contributed by atoms with Gasteiger partial charge in [0.15, 0.2) is 0 Å². The number of hydrogen-bond donors (Lipinski definition) is 0. The van der Waals surface area contributed by atoms with Gasteiger partial charge in [-0.3, -0.25) is 0 Å². The molecule has 3 rings (SSSR count). The summed E-state index contributed by atoms with van der Waals surface area (Å²) in [6.07, 6.45) is 1.32. The standard InChI is InChI=1S/C13H7ClF2N2S/c1-6-10(8-4-7(15)2-3-9(8)16)11-12(19-6)13(14)18-5-17-11/h2-5H,1H3. The summed E-state index contributed by atoms with van der Waals surface area (Å²) in [5.41, 5.74) is 1.31. The summed E-state index contributed by atoms with van der Waals surface area (Å²) in [5.74, 6) is -0.978. The van der Waals surface area contributed by atoms with Gasteiger partial charge in [0.05, 0.1) is 10.2 Å². The van der Waals surface area contributed by atoms with E-state index in [-0.39, 0.29) is 5.56 Å². The highest BCUT2D eigenvalue weighted by molar-refractivity contribution is 7.20. The van der Waals surface area contributed by atoms with Crippen LogP contribution in [0.1, 0.15) is 4.88 Å². The van der Waals surface area contributed by atoms with Crippen LogP contribution in [0.2, 0.25) is 5.15 Å². The van der Waals surface area contributed by atoms with Gasteiger partial charge in [0.2, 0.25) is 0 Å².